The molecule has 0 saturated carbocycles. The summed E-state index contributed by atoms with van der Waals surface area (Å²) in [6.07, 6.45) is 20.1. The highest BCUT2D eigenvalue weighted by Crippen LogP contribution is 2.26. The van der Waals surface area contributed by atoms with Gasteiger partial charge < -0.3 is 5.11 Å². The zero-order valence-electron chi connectivity index (χ0n) is 16.7. The molecule has 23 heavy (non-hydrogen) atoms. The maximum absolute atomic E-state index is 10.4. The highest BCUT2D eigenvalue weighted by molar-refractivity contribution is 4.91. The zero-order valence-corrected chi connectivity index (χ0v) is 16.7. The third-order valence-corrected chi connectivity index (χ3v) is 5.14. The first kappa shape index (κ1) is 23.0. The van der Waals surface area contributed by atoms with Gasteiger partial charge in [0.1, 0.15) is 0 Å². The van der Waals surface area contributed by atoms with Crippen molar-refractivity contribution < 1.29 is 5.11 Å². The topological polar surface area (TPSA) is 20.2 Å². The van der Waals surface area contributed by atoms with E-state index in [9.17, 15) is 5.11 Å². The van der Waals surface area contributed by atoms with Crippen LogP contribution >= 0.6 is 0 Å². The van der Waals surface area contributed by atoms with E-state index in [1.807, 2.05) is 0 Å². The Kier molecular flexibility index (Phi) is 16.8. The van der Waals surface area contributed by atoms with Crippen molar-refractivity contribution in [3.05, 3.63) is 5.92 Å². The van der Waals surface area contributed by atoms with Gasteiger partial charge in [0.2, 0.25) is 0 Å². The quantitative estimate of drug-likeness (QED) is 0.275. The van der Waals surface area contributed by atoms with Crippen LogP contribution in [0.4, 0.5) is 0 Å². The minimum absolute atomic E-state index is 0.176. The minimum Gasteiger partial charge on any atom is -0.392 e. The van der Waals surface area contributed by atoms with Crippen molar-refractivity contribution in [3.8, 4) is 0 Å². The fourth-order valence-corrected chi connectivity index (χ4v) is 3.48. The first-order valence-corrected chi connectivity index (χ1v) is 10.6. The van der Waals surface area contributed by atoms with E-state index >= 15 is 0 Å². The van der Waals surface area contributed by atoms with E-state index in [0.29, 0.717) is 5.92 Å². The molecule has 0 spiro atoms. The molecule has 2 atom stereocenters. The fraction of sp³-hybridized carbons (Fsp3) is 0.955. The molecule has 2 unspecified atom stereocenters. The van der Waals surface area contributed by atoms with Crippen LogP contribution in [0, 0.1) is 11.8 Å². The van der Waals surface area contributed by atoms with Crippen molar-refractivity contribution in [2.45, 2.75) is 130 Å². The molecule has 0 aliphatic rings. The van der Waals surface area contributed by atoms with Gasteiger partial charge in [-0.05, 0) is 24.7 Å². The number of aliphatic hydroxyl groups is 1. The normalized spacial score (nSPS) is 14.3. The van der Waals surface area contributed by atoms with E-state index in [4.69, 9.17) is 0 Å². The molecule has 0 heterocycles. The molecule has 1 radical (unpaired) electrons. The standard InChI is InChI=1S/C22H45O/c1-5-7-9-10-11-12-13-14-15-17-19-21(18-16-8-6-2)22(23)20(3)4/h21-23H,5-19H2,1-4H3. The lowest BCUT2D eigenvalue weighted by Crippen LogP contribution is -2.24. The predicted octanol–water partition coefficient (Wildman–Crippen LogP) is 7.47. The number of hydrogen-bond donors (Lipinski definition) is 1. The summed E-state index contributed by atoms with van der Waals surface area (Å²) in [5, 5.41) is 10.4. The highest BCUT2D eigenvalue weighted by atomic mass is 16.3. The van der Waals surface area contributed by atoms with Gasteiger partial charge in [-0.2, -0.15) is 0 Å². The Morgan fingerprint density at radius 2 is 0.957 bits per heavy atom. The first-order chi connectivity index (χ1) is 11.1. The second-order valence-electron chi connectivity index (χ2n) is 7.75. The Morgan fingerprint density at radius 3 is 1.39 bits per heavy atom. The van der Waals surface area contributed by atoms with Crippen LogP contribution in [0.2, 0.25) is 0 Å². The summed E-state index contributed by atoms with van der Waals surface area (Å²) in [7, 11) is 0. The summed E-state index contributed by atoms with van der Waals surface area (Å²) in [5.41, 5.74) is 0. The molecule has 1 N–H and O–H groups in total. The maximum atomic E-state index is 10.4. The average Bonchev–Trinajstić information content (AvgIpc) is 2.54. The van der Waals surface area contributed by atoms with Crippen LogP contribution in [-0.2, 0) is 0 Å². The van der Waals surface area contributed by atoms with Gasteiger partial charge >= 0.3 is 0 Å². The number of rotatable bonds is 17. The molecule has 0 aromatic carbocycles. The maximum Gasteiger partial charge on any atom is 0.0625 e. The summed E-state index contributed by atoms with van der Waals surface area (Å²) in [6.45, 7) is 8.70. The van der Waals surface area contributed by atoms with Crippen molar-refractivity contribution >= 4 is 0 Å². The molecule has 0 aromatic heterocycles. The minimum atomic E-state index is -0.176. The molecule has 0 aromatic rings. The molecule has 1 nitrogen and oxygen atoms in total. The molecule has 0 rings (SSSR count). The Morgan fingerprint density at radius 1 is 0.609 bits per heavy atom. The van der Waals surface area contributed by atoms with E-state index < -0.39 is 0 Å². The lowest BCUT2D eigenvalue weighted by Gasteiger charge is -2.25. The van der Waals surface area contributed by atoms with Crippen LogP contribution in [0.15, 0.2) is 0 Å². The Hall–Kier alpha value is -0.0400. The highest BCUT2D eigenvalue weighted by Gasteiger charge is 2.21. The van der Waals surface area contributed by atoms with Crippen molar-refractivity contribution in [1.29, 1.82) is 0 Å². The SMILES string of the molecule is CCCCCCCCCCCCC(CCCCC)C(O)[C](C)C. The molecule has 0 aliphatic heterocycles. The largest absolute Gasteiger partial charge is 0.392 e. The van der Waals surface area contributed by atoms with Crippen LogP contribution in [0.5, 0.6) is 0 Å². The van der Waals surface area contributed by atoms with E-state index in [1.54, 1.807) is 0 Å². The van der Waals surface area contributed by atoms with Crippen LogP contribution < -0.4 is 0 Å². The van der Waals surface area contributed by atoms with Gasteiger partial charge in [0.15, 0.2) is 0 Å². The summed E-state index contributed by atoms with van der Waals surface area (Å²) in [4.78, 5) is 0. The lowest BCUT2D eigenvalue weighted by atomic mass is 9.85. The second-order valence-corrected chi connectivity index (χ2v) is 7.75. The Bertz CT molecular complexity index is 224. The van der Waals surface area contributed by atoms with Gasteiger partial charge in [-0.1, -0.05) is 111 Å². The monoisotopic (exact) mass is 325 g/mol. The fourth-order valence-electron chi connectivity index (χ4n) is 3.48. The summed E-state index contributed by atoms with van der Waals surface area (Å²) in [6, 6.07) is 0. The van der Waals surface area contributed by atoms with Crippen LogP contribution in [0.25, 0.3) is 0 Å². The van der Waals surface area contributed by atoms with Gasteiger partial charge in [-0.3, -0.25) is 0 Å². The van der Waals surface area contributed by atoms with Gasteiger partial charge in [0.05, 0.1) is 6.10 Å². The van der Waals surface area contributed by atoms with Crippen molar-refractivity contribution in [2.24, 2.45) is 5.92 Å². The number of hydrogen-bond acceptors (Lipinski definition) is 1. The summed E-state index contributed by atoms with van der Waals surface area (Å²) in [5.74, 6) is 1.69. The third kappa shape index (κ3) is 14.0. The van der Waals surface area contributed by atoms with E-state index in [0.717, 1.165) is 0 Å². The average molecular weight is 326 g/mol. The number of unbranched alkanes of at least 4 members (excludes halogenated alkanes) is 11. The second kappa shape index (κ2) is 16.8. The van der Waals surface area contributed by atoms with Crippen LogP contribution in [0.3, 0.4) is 0 Å². The van der Waals surface area contributed by atoms with Gasteiger partial charge in [0, 0.05) is 0 Å². The molecule has 139 valence electrons. The van der Waals surface area contributed by atoms with Gasteiger partial charge in [-0.15, -0.1) is 0 Å². The Balaban J connectivity index is 3.65. The Labute approximate surface area is 147 Å². The smallest absolute Gasteiger partial charge is 0.0625 e. The van der Waals surface area contributed by atoms with Gasteiger partial charge in [-0.25, -0.2) is 0 Å². The summed E-state index contributed by atoms with van der Waals surface area (Å²) >= 11 is 0. The molecule has 0 fully saturated rings. The molecule has 1 heteroatoms. The lowest BCUT2D eigenvalue weighted by molar-refractivity contribution is 0.107. The molecule has 0 amide bonds. The molecule has 0 aliphatic carbocycles. The zero-order chi connectivity index (χ0) is 17.3. The molecule has 0 bridgehead atoms. The molecular formula is C22H45O. The van der Waals surface area contributed by atoms with Crippen molar-refractivity contribution in [2.75, 3.05) is 0 Å². The van der Waals surface area contributed by atoms with E-state index in [2.05, 4.69) is 27.7 Å². The predicted molar refractivity (Wildman–Crippen MR) is 105 cm³/mol. The van der Waals surface area contributed by atoms with E-state index in [1.165, 1.54) is 102 Å². The van der Waals surface area contributed by atoms with Crippen LogP contribution in [0.1, 0.15) is 124 Å². The van der Waals surface area contributed by atoms with Gasteiger partial charge in [0.25, 0.3) is 0 Å². The summed E-state index contributed by atoms with van der Waals surface area (Å²) < 4.78 is 0. The van der Waals surface area contributed by atoms with Crippen molar-refractivity contribution in [1.82, 2.24) is 0 Å². The molecular weight excluding hydrogens is 280 g/mol. The van der Waals surface area contributed by atoms with Crippen molar-refractivity contribution in [3.63, 3.8) is 0 Å². The van der Waals surface area contributed by atoms with Crippen LogP contribution in [-0.4, -0.2) is 11.2 Å². The first-order valence-electron chi connectivity index (χ1n) is 10.6. The third-order valence-electron chi connectivity index (χ3n) is 5.14. The molecule has 0 saturated heterocycles. The van der Waals surface area contributed by atoms with E-state index in [-0.39, 0.29) is 6.10 Å². The number of aliphatic hydroxyl groups excluding tert-OH is 1.